The number of aliphatic hydroxyl groups excluding tert-OH is 1. The summed E-state index contributed by atoms with van der Waals surface area (Å²) in [6, 6.07) is 3.85. The van der Waals surface area contributed by atoms with Crippen molar-refractivity contribution in [1.82, 2.24) is 10.2 Å². The minimum atomic E-state index is -4.43. The second-order valence-corrected chi connectivity index (χ2v) is 9.55. The number of nitrogens with zero attached hydrogens (tertiary/aromatic N) is 1. The number of ether oxygens (including phenoxy) is 1. The SMILES string of the molecule is CC(C)C1(CCNC2CCC(O)CC2)CC2Oc3ccc(C(F)(F)F)cc3CN2C1=O. The number of benzene rings is 1. The number of halogens is 3. The number of carbonyl (C=O) groups is 1. The molecular weight excluding hydrogens is 409 g/mol. The van der Waals surface area contributed by atoms with E-state index in [4.69, 9.17) is 4.74 Å². The van der Waals surface area contributed by atoms with E-state index in [2.05, 4.69) is 5.32 Å². The van der Waals surface area contributed by atoms with Gasteiger partial charge in [-0.3, -0.25) is 4.79 Å². The summed E-state index contributed by atoms with van der Waals surface area (Å²) in [5, 5.41) is 13.2. The third-order valence-corrected chi connectivity index (χ3v) is 7.37. The van der Waals surface area contributed by atoms with Crippen LogP contribution in [0.3, 0.4) is 0 Å². The van der Waals surface area contributed by atoms with Gasteiger partial charge in [0.2, 0.25) is 5.91 Å². The molecule has 3 aliphatic rings. The van der Waals surface area contributed by atoms with E-state index in [1.54, 1.807) is 4.90 Å². The highest BCUT2D eigenvalue weighted by Crippen LogP contribution is 2.48. The molecule has 1 saturated heterocycles. The van der Waals surface area contributed by atoms with Crippen LogP contribution >= 0.6 is 0 Å². The molecule has 1 amide bonds. The molecule has 2 atom stereocenters. The highest BCUT2D eigenvalue weighted by molar-refractivity contribution is 5.86. The van der Waals surface area contributed by atoms with Gasteiger partial charge in [-0.2, -0.15) is 13.2 Å². The molecule has 0 aromatic heterocycles. The van der Waals surface area contributed by atoms with Crippen molar-refractivity contribution in [1.29, 1.82) is 0 Å². The first-order chi connectivity index (χ1) is 14.6. The smallest absolute Gasteiger partial charge is 0.416 e. The van der Waals surface area contributed by atoms with Crippen LogP contribution in [0.25, 0.3) is 0 Å². The lowest BCUT2D eigenvalue weighted by molar-refractivity contribution is -0.142. The summed E-state index contributed by atoms with van der Waals surface area (Å²) < 4.78 is 45.3. The van der Waals surface area contributed by atoms with Crippen molar-refractivity contribution >= 4 is 5.91 Å². The molecular formula is C23H31F3N2O3. The number of carbonyl (C=O) groups excluding carboxylic acids is 1. The van der Waals surface area contributed by atoms with Crippen LogP contribution in [0.15, 0.2) is 18.2 Å². The molecule has 4 rings (SSSR count). The number of alkyl halides is 3. The van der Waals surface area contributed by atoms with Crippen LogP contribution in [0.1, 0.15) is 63.5 Å². The third kappa shape index (κ3) is 4.29. The van der Waals surface area contributed by atoms with Crippen LogP contribution in [-0.2, 0) is 17.5 Å². The Kier molecular flexibility index (Phi) is 5.98. The topological polar surface area (TPSA) is 61.8 Å². The molecule has 1 saturated carbocycles. The predicted octanol–water partition coefficient (Wildman–Crippen LogP) is 4.08. The Morgan fingerprint density at radius 1 is 1.26 bits per heavy atom. The van der Waals surface area contributed by atoms with Gasteiger partial charge < -0.3 is 20.1 Å². The highest BCUT2D eigenvalue weighted by atomic mass is 19.4. The number of hydrogen-bond acceptors (Lipinski definition) is 4. The van der Waals surface area contributed by atoms with E-state index in [0.717, 1.165) is 37.8 Å². The van der Waals surface area contributed by atoms with E-state index in [9.17, 15) is 23.1 Å². The lowest BCUT2D eigenvalue weighted by atomic mass is 9.73. The van der Waals surface area contributed by atoms with Crippen molar-refractivity contribution in [2.75, 3.05) is 6.54 Å². The molecule has 31 heavy (non-hydrogen) atoms. The maximum absolute atomic E-state index is 13.5. The largest absolute Gasteiger partial charge is 0.470 e. The molecule has 2 aliphatic heterocycles. The number of nitrogens with one attached hydrogen (secondary N) is 1. The molecule has 5 nitrogen and oxygen atoms in total. The van der Waals surface area contributed by atoms with Crippen molar-refractivity contribution in [3.63, 3.8) is 0 Å². The molecule has 2 unspecified atom stereocenters. The van der Waals surface area contributed by atoms with Gasteiger partial charge in [-0.25, -0.2) is 0 Å². The van der Waals surface area contributed by atoms with Gasteiger partial charge >= 0.3 is 6.18 Å². The summed E-state index contributed by atoms with van der Waals surface area (Å²) in [5.41, 5.74) is -0.921. The van der Waals surface area contributed by atoms with Crippen molar-refractivity contribution in [2.24, 2.45) is 11.3 Å². The fourth-order valence-corrected chi connectivity index (χ4v) is 5.29. The Balaban J connectivity index is 1.46. The number of rotatable bonds is 5. The zero-order valence-corrected chi connectivity index (χ0v) is 18.0. The van der Waals surface area contributed by atoms with E-state index in [1.165, 1.54) is 6.07 Å². The van der Waals surface area contributed by atoms with Gasteiger partial charge in [-0.1, -0.05) is 13.8 Å². The fraction of sp³-hybridized carbons (Fsp3) is 0.696. The lowest BCUT2D eigenvalue weighted by Crippen LogP contribution is -2.44. The molecule has 0 radical (unpaired) electrons. The summed E-state index contributed by atoms with van der Waals surface area (Å²) in [6.45, 7) is 4.89. The van der Waals surface area contributed by atoms with Crippen LogP contribution in [0.2, 0.25) is 0 Å². The van der Waals surface area contributed by atoms with Crippen LogP contribution in [0.4, 0.5) is 13.2 Å². The van der Waals surface area contributed by atoms with Gasteiger partial charge in [0, 0.05) is 18.0 Å². The molecule has 1 aromatic carbocycles. The standard InChI is InChI=1S/C23H31F3N2O3/c1-14(2)22(9-10-27-17-4-6-18(29)7-5-17)12-20-28(21(22)30)13-15-11-16(23(24,25)26)3-8-19(15)31-20/h3,8,11,14,17-18,20,27,29H,4-7,9-10,12-13H2,1-2H3. The minimum Gasteiger partial charge on any atom is -0.470 e. The average molecular weight is 441 g/mol. The number of fused-ring (bicyclic) bond motifs is 2. The van der Waals surface area contributed by atoms with Crippen molar-refractivity contribution in [3.05, 3.63) is 29.3 Å². The quantitative estimate of drug-likeness (QED) is 0.724. The van der Waals surface area contributed by atoms with Crippen LogP contribution in [0, 0.1) is 11.3 Å². The third-order valence-electron chi connectivity index (χ3n) is 7.37. The summed E-state index contributed by atoms with van der Waals surface area (Å²) >= 11 is 0. The normalized spacial score (nSPS) is 30.9. The summed E-state index contributed by atoms with van der Waals surface area (Å²) in [7, 11) is 0. The van der Waals surface area contributed by atoms with E-state index in [0.29, 0.717) is 36.7 Å². The lowest BCUT2D eigenvalue weighted by Gasteiger charge is -2.33. The molecule has 1 aliphatic carbocycles. The van der Waals surface area contributed by atoms with Crippen molar-refractivity contribution in [3.8, 4) is 5.75 Å². The predicted molar refractivity (Wildman–Crippen MR) is 109 cm³/mol. The maximum atomic E-state index is 13.5. The van der Waals surface area contributed by atoms with Crippen molar-refractivity contribution in [2.45, 2.75) is 83.5 Å². The molecule has 2 heterocycles. The number of hydrogen-bond donors (Lipinski definition) is 2. The van der Waals surface area contributed by atoms with Crippen molar-refractivity contribution < 1.29 is 27.8 Å². The molecule has 8 heteroatoms. The van der Waals surface area contributed by atoms with Crippen LogP contribution in [0.5, 0.6) is 5.75 Å². The summed E-state index contributed by atoms with van der Waals surface area (Å²) in [4.78, 5) is 15.1. The highest BCUT2D eigenvalue weighted by Gasteiger charge is 2.55. The minimum absolute atomic E-state index is 0.0311. The first-order valence-electron chi connectivity index (χ1n) is 11.2. The summed E-state index contributed by atoms with van der Waals surface area (Å²) in [6.07, 6.45) is -0.423. The van der Waals surface area contributed by atoms with E-state index < -0.39 is 23.4 Å². The van der Waals surface area contributed by atoms with Crippen LogP contribution in [-0.4, -0.2) is 40.8 Å². The number of aliphatic hydroxyl groups is 1. The Morgan fingerprint density at radius 2 is 1.97 bits per heavy atom. The number of amides is 1. The van der Waals surface area contributed by atoms with E-state index in [-0.39, 0.29) is 24.5 Å². The average Bonchev–Trinajstić information content (AvgIpc) is 2.99. The maximum Gasteiger partial charge on any atom is 0.416 e. The molecule has 0 bridgehead atoms. The van der Waals surface area contributed by atoms with Gasteiger partial charge in [0.05, 0.1) is 23.6 Å². The molecule has 172 valence electrons. The Hall–Kier alpha value is -1.80. The summed E-state index contributed by atoms with van der Waals surface area (Å²) in [5.74, 6) is 0.481. The molecule has 0 spiro atoms. The van der Waals surface area contributed by atoms with E-state index in [1.807, 2.05) is 13.8 Å². The Labute approximate surface area is 180 Å². The Morgan fingerprint density at radius 3 is 2.61 bits per heavy atom. The zero-order chi connectivity index (χ0) is 22.4. The Bertz CT molecular complexity index is 821. The molecule has 2 N–H and O–H groups in total. The van der Waals surface area contributed by atoms with Gasteiger partial charge in [0.25, 0.3) is 0 Å². The molecule has 1 aromatic rings. The van der Waals surface area contributed by atoms with Crippen LogP contribution < -0.4 is 10.1 Å². The van der Waals surface area contributed by atoms with Gasteiger partial charge in [0.15, 0.2) is 6.23 Å². The second kappa shape index (κ2) is 8.28. The second-order valence-electron chi connectivity index (χ2n) is 9.55. The molecule has 2 fully saturated rings. The fourth-order valence-electron chi connectivity index (χ4n) is 5.29. The van der Waals surface area contributed by atoms with Gasteiger partial charge in [0.1, 0.15) is 5.75 Å². The monoisotopic (exact) mass is 440 g/mol. The zero-order valence-electron chi connectivity index (χ0n) is 18.0. The van der Waals surface area contributed by atoms with Gasteiger partial charge in [-0.05, 0) is 62.8 Å². The first-order valence-corrected chi connectivity index (χ1v) is 11.2. The van der Waals surface area contributed by atoms with E-state index >= 15 is 0 Å². The van der Waals surface area contributed by atoms with Gasteiger partial charge in [-0.15, -0.1) is 0 Å². The first kappa shape index (κ1) is 22.4.